The summed E-state index contributed by atoms with van der Waals surface area (Å²) in [6.07, 6.45) is 2.97. The lowest BCUT2D eigenvalue weighted by Gasteiger charge is -2.10. The van der Waals surface area contributed by atoms with Gasteiger partial charge in [0, 0.05) is 28.5 Å². The van der Waals surface area contributed by atoms with Gasteiger partial charge >= 0.3 is 0 Å². The molecule has 2 aromatic heterocycles. The first-order chi connectivity index (χ1) is 12.2. The molecule has 0 spiro atoms. The van der Waals surface area contributed by atoms with Gasteiger partial charge in [-0.3, -0.25) is 4.79 Å². The zero-order chi connectivity index (χ0) is 17.4. The lowest BCUT2D eigenvalue weighted by Crippen LogP contribution is -2.22. The molecule has 1 aliphatic carbocycles. The molecule has 3 aromatic rings. The Bertz CT molecular complexity index is 970. The number of nitrogens with zero attached hydrogens (tertiary/aromatic N) is 2. The van der Waals surface area contributed by atoms with Crippen molar-refractivity contribution < 1.29 is 4.74 Å². The van der Waals surface area contributed by atoms with E-state index in [2.05, 4.69) is 6.07 Å². The van der Waals surface area contributed by atoms with E-state index in [4.69, 9.17) is 9.84 Å². The molecule has 0 radical (unpaired) electrons. The maximum atomic E-state index is 12.6. The summed E-state index contributed by atoms with van der Waals surface area (Å²) in [6, 6.07) is 11.8. The van der Waals surface area contributed by atoms with Crippen LogP contribution in [0.3, 0.4) is 0 Å². The Kier molecular flexibility index (Phi) is 4.27. The Labute approximate surface area is 150 Å². The largest absolute Gasteiger partial charge is 0.379 e. The number of aryl methyl sites for hydroxylation is 3. The number of fused-ring (bicyclic) bond motifs is 3. The number of rotatable bonds is 3. The number of benzene rings is 1. The van der Waals surface area contributed by atoms with Crippen molar-refractivity contribution in [2.45, 2.75) is 32.8 Å². The van der Waals surface area contributed by atoms with Crippen molar-refractivity contribution in [1.29, 1.82) is 0 Å². The molecule has 0 N–H and O–H groups in total. The van der Waals surface area contributed by atoms with Crippen LogP contribution in [0.15, 0.2) is 41.2 Å². The number of ether oxygens (including phenoxy) is 1. The van der Waals surface area contributed by atoms with Gasteiger partial charge in [-0.15, -0.1) is 11.3 Å². The van der Waals surface area contributed by atoms with Crippen LogP contribution in [-0.2, 0) is 24.2 Å². The maximum Gasteiger partial charge on any atom is 0.271 e. The lowest BCUT2D eigenvalue weighted by atomic mass is 10.1. The highest BCUT2D eigenvalue weighted by atomic mass is 32.1. The first-order valence-corrected chi connectivity index (χ1v) is 9.28. The summed E-state index contributed by atoms with van der Waals surface area (Å²) in [6.45, 7) is 2.65. The zero-order valence-electron chi connectivity index (χ0n) is 14.4. The van der Waals surface area contributed by atoms with E-state index in [0.717, 1.165) is 47.3 Å². The minimum Gasteiger partial charge on any atom is -0.379 e. The Morgan fingerprint density at radius 1 is 1.20 bits per heavy atom. The first kappa shape index (κ1) is 16.2. The number of hydrogen-bond donors (Lipinski definition) is 0. The number of hydrogen-bond acceptors (Lipinski definition) is 4. The highest BCUT2D eigenvalue weighted by Gasteiger charge is 2.21. The summed E-state index contributed by atoms with van der Waals surface area (Å²) in [5, 5.41) is 4.76. The molecule has 4 nitrogen and oxygen atoms in total. The third kappa shape index (κ3) is 3.05. The third-order valence-electron chi connectivity index (χ3n) is 4.54. The van der Waals surface area contributed by atoms with E-state index >= 15 is 0 Å². The second kappa shape index (κ2) is 6.58. The molecule has 128 valence electrons. The van der Waals surface area contributed by atoms with E-state index in [1.54, 1.807) is 24.5 Å². The smallest absolute Gasteiger partial charge is 0.271 e. The highest BCUT2D eigenvalue weighted by molar-refractivity contribution is 7.12. The van der Waals surface area contributed by atoms with Gasteiger partial charge in [-0.2, -0.15) is 9.78 Å². The average Bonchev–Trinajstić information content (AvgIpc) is 2.92. The molecule has 0 fully saturated rings. The van der Waals surface area contributed by atoms with Crippen molar-refractivity contribution in [2.75, 3.05) is 7.11 Å². The second-order valence-corrected chi connectivity index (χ2v) is 7.66. The molecule has 1 aliphatic rings. The van der Waals surface area contributed by atoms with Crippen LogP contribution in [-0.4, -0.2) is 16.9 Å². The van der Waals surface area contributed by atoms with Crippen molar-refractivity contribution >= 4 is 11.3 Å². The molecule has 0 saturated heterocycles. The van der Waals surface area contributed by atoms with Gasteiger partial charge < -0.3 is 4.74 Å². The Balaban J connectivity index is 1.88. The summed E-state index contributed by atoms with van der Waals surface area (Å²) in [7, 11) is 1.71. The minimum atomic E-state index is -0.0709. The fourth-order valence-corrected chi connectivity index (χ4v) is 4.49. The van der Waals surface area contributed by atoms with Crippen LogP contribution in [0.2, 0.25) is 0 Å². The normalized spacial score (nSPS) is 13.2. The summed E-state index contributed by atoms with van der Waals surface area (Å²) in [5.74, 6) is 0. The number of thiophene rings is 1. The molecule has 0 amide bonds. The van der Waals surface area contributed by atoms with Crippen molar-refractivity contribution in [3.63, 3.8) is 0 Å². The molecule has 0 bridgehead atoms. The third-order valence-corrected chi connectivity index (χ3v) is 5.71. The Morgan fingerprint density at radius 2 is 2.00 bits per heavy atom. The van der Waals surface area contributed by atoms with Crippen molar-refractivity contribution in [2.24, 2.45) is 0 Å². The molecule has 5 heteroatoms. The van der Waals surface area contributed by atoms with Crippen LogP contribution in [0, 0.1) is 6.92 Å². The van der Waals surface area contributed by atoms with Crippen LogP contribution in [0.4, 0.5) is 0 Å². The molecular weight excluding hydrogens is 332 g/mol. The highest BCUT2D eigenvalue weighted by Crippen LogP contribution is 2.36. The Hall–Kier alpha value is -2.24. The fraction of sp³-hybridized carbons (Fsp3) is 0.300. The zero-order valence-corrected chi connectivity index (χ0v) is 15.2. The van der Waals surface area contributed by atoms with Crippen LogP contribution < -0.4 is 5.56 Å². The van der Waals surface area contributed by atoms with Crippen LogP contribution in [0.25, 0.3) is 16.9 Å². The molecule has 1 aromatic carbocycles. The molecule has 2 heterocycles. The SMILES string of the molecule is COCc1cc2c(s1)CCCc1cc(=O)n(-c3ccc(C)cc3)nc1-2. The van der Waals surface area contributed by atoms with Crippen LogP contribution in [0.5, 0.6) is 0 Å². The number of aromatic nitrogens is 2. The molecule has 0 atom stereocenters. The van der Waals surface area contributed by atoms with Gasteiger partial charge in [0.2, 0.25) is 0 Å². The number of methoxy groups -OCH3 is 1. The Morgan fingerprint density at radius 3 is 2.76 bits per heavy atom. The minimum absolute atomic E-state index is 0.0709. The van der Waals surface area contributed by atoms with Crippen LogP contribution in [0.1, 0.15) is 27.3 Å². The van der Waals surface area contributed by atoms with E-state index in [1.807, 2.05) is 31.2 Å². The van der Waals surface area contributed by atoms with E-state index in [-0.39, 0.29) is 5.56 Å². The topological polar surface area (TPSA) is 44.1 Å². The summed E-state index contributed by atoms with van der Waals surface area (Å²) in [5.41, 5.74) is 5.04. The van der Waals surface area contributed by atoms with Crippen LogP contribution >= 0.6 is 11.3 Å². The van der Waals surface area contributed by atoms with Crippen molar-refractivity contribution in [1.82, 2.24) is 9.78 Å². The van der Waals surface area contributed by atoms with E-state index in [1.165, 1.54) is 14.4 Å². The van der Waals surface area contributed by atoms with Gasteiger partial charge in [0.15, 0.2) is 0 Å². The summed E-state index contributed by atoms with van der Waals surface area (Å²) < 4.78 is 6.80. The average molecular weight is 352 g/mol. The maximum absolute atomic E-state index is 12.6. The van der Waals surface area contributed by atoms with E-state index in [0.29, 0.717) is 6.61 Å². The second-order valence-electron chi connectivity index (χ2n) is 6.44. The molecule has 25 heavy (non-hydrogen) atoms. The monoisotopic (exact) mass is 352 g/mol. The van der Waals surface area contributed by atoms with Gasteiger partial charge in [-0.05, 0) is 49.9 Å². The summed E-state index contributed by atoms with van der Waals surface area (Å²) >= 11 is 1.79. The van der Waals surface area contributed by atoms with E-state index < -0.39 is 0 Å². The van der Waals surface area contributed by atoms with Crippen molar-refractivity contribution in [3.8, 4) is 16.9 Å². The molecule has 4 rings (SSSR count). The predicted octanol–water partition coefficient (Wildman–Crippen LogP) is 3.90. The van der Waals surface area contributed by atoms with E-state index in [9.17, 15) is 4.79 Å². The lowest BCUT2D eigenvalue weighted by molar-refractivity contribution is 0.187. The first-order valence-electron chi connectivity index (χ1n) is 8.47. The molecular formula is C20H20N2O2S. The van der Waals surface area contributed by atoms with Crippen molar-refractivity contribution in [3.05, 3.63) is 67.6 Å². The molecule has 0 aliphatic heterocycles. The fourth-order valence-electron chi connectivity index (χ4n) is 3.30. The van der Waals surface area contributed by atoms with Gasteiger partial charge in [0.1, 0.15) is 0 Å². The molecule has 0 saturated carbocycles. The molecule has 0 unspecified atom stereocenters. The van der Waals surface area contributed by atoms with Gasteiger partial charge in [0.05, 0.1) is 18.0 Å². The van der Waals surface area contributed by atoms with Gasteiger partial charge in [-0.1, -0.05) is 17.7 Å². The summed E-state index contributed by atoms with van der Waals surface area (Å²) in [4.78, 5) is 15.1. The predicted molar refractivity (Wildman–Crippen MR) is 101 cm³/mol. The van der Waals surface area contributed by atoms with Gasteiger partial charge in [0.25, 0.3) is 5.56 Å². The van der Waals surface area contributed by atoms with Gasteiger partial charge in [-0.25, -0.2) is 0 Å². The quantitative estimate of drug-likeness (QED) is 0.718. The standard InChI is InChI=1S/C20H20N2O2S/c1-13-6-8-15(9-7-13)22-19(23)10-14-4-3-5-18-17(20(14)21-22)11-16(25-18)12-24-2/h6-11H,3-5,12H2,1-2H3.